The summed E-state index contributed by atoms with van der Waals surface area (Å²) in [5.74, 6) is -2.30. The van der Waals surface area contributed by atoms with Crippen molar-refractivity contribution in [2.75, 3.05) is 0 Å². The molecule has 0 saturated heterocycles. The average molecular weight is 157 g/mol. The first kappa shape index (κ1) is 7.39. The zero-order chi connectivity index (χ0) is 8.43. The molecule has 1 heterocycles. The first-order valence-corrected chi connectivity index (χ1v) is 2.66. The Morgan fingerprint density at radius 3 is 2.82 bits per heavy atom. The molecule has 0 aliphatic heterocycles. The summed E-state index contributed by atoms with van der Waals surface area (Å²) >= 11 is 0. The van der Waals surface area contributed by atoms with Gasteiger partial charge in [0.05, 0.1) is 6.20 Å². The number of nitrogens with two attached hydrogens (primary N) is 1. The van der Waals surface area contributed by atoms with Crippen molar-refractivity contribution in [3.63, 3.8) is 0 Å². The average Bonchev–Trinajstić information content (AvgIpc) is 1.94. The van der Waals surface area contributed by atoms with Crippen LogP contribution in [0.15, 0.2) is 11.0 Å². The van der Waals surface area contributed by atoms with Crippen LogP contribution >= 0.6 is 0 Å². The minimum absolute atomic E-state index is 0.351. The van der Waals surface area contributed by atoms with Crippen LogP contribution in [0.3, 0.4) is 0 Å². The molecule has 11 heavy (non-hydrogen) atoms. The number of nitrogens with zero attached hydrogens (tertiary/aromatic N) is 1. The van der Waals surface area contributed by atoms with E-state index in [1.807, 2.05) is 4.98 Å². The van der Waals surface area contributed by atoms with Gasteiger partial charge in [-0.05, 0) is 0 Å². The van der Waals surface area contributed by atoms with Gasteiger partial charge in [0.1, 0.15) is 0 Å². The van der Waals surface area contributed by atoms with Crippen LogP contribution in [-0.2, 0) is 0 Å². The van der Waals surface area contributed by atoms with E-state index in [1.165, 1.54) is 0 Å². The molecule has 58 valence electrons. The maximum absolute atomic E-state index is 12.2. The molecular weight excluding hydrogens is 153 g/mol. The molecule has 0 unspecified atom stereocenters. The van der Waals surface area contributed by atoms with Crippen molar-refractivity contribution in [2.45, 2.75) is 0 Å². The number of H-pyrrole nitrogens is 1. The number of primary amides is 1. The van der Waals surface area contributed by atoms with Crippen molar-refractivity contribution in [3.8, 4) is 0 Å². The lowest BCUT2D eigenvalue weighted by atomic mass is 10.5. The van der Waals surface area contributed by atoms with Crippen molar-refractivity contribution < 1.29 is 9.18 Å². The highest BCUT2D eigenvalue weighted by Crippen LogP contribution is 1.84. The molecule has 1 rings (SSSR count). The van der Waals surface area contributed by atoms with Crippen molar-refractivity contribution in [1.82, 2.24) is 9.97 Å². The predicted octanol–water partition coefficient (Wildman–Crippen LogP) is -0.992. The minimum atomic E-state index is -1.05. The number of rotatable bonds is 1. The van der Waals surface area contributed by atoms with E-state index in [2.05, 4.69) is 4.98 Å². The minimum Gasteiger partial charge on any atom is -0.363 e. The summed E-state index contributed by atoms with van der Waals surface area (Å²) in [5.41, 5.74) is 3.73. The standard InChI is InChI=1S/C5H4FN3O2/c6-2-1-8-4(3(7)10)9-5(2)11/h1H,(H2,7,10)(H,8,9,11). The van der Waals surface area contributed by atoms with Gasteiger partial charge in [0, 0.05) is 0 Å². The molecule has 1 amide bonds. The summed E-state index contributed by atoms with van der Waals surface area (Å²) in [7, 11) is 0. The monoisotopic (exact) mass is 157 g/mol. The van der Waals surface area contributed by atoms with Gasteiger partial charge in [0.2, 0.25) is 5.82 Å². The van der Waals surface area contributed by atoms with Crippen LogP contribution in [0.2, 0.25) is 0 Å². The molecule has 0 aromatic carbocycles. The summed E-state index contributed by atoms with van der Waals surface area (Å²) in [4.78, 5) is 25.9. The molecule has 3 N–H and O–H groups in total. The first-order chi connectivity index (χ1) is 5.11. The Balaban J connectivity index is 3.26. The Labute approximate surface area is 60.1 Å². The van der Waals surface area contributed by atoms with Crippen LogP contribution in [0, 0.1) is 5.82 Å². The first-order valence-electron chi connectivity index (χ1n) is 2.66. The van der Waals surface area contributed by atoms with E-state index >= 15 is 0 Å². The van der Waals surface area contributed by atoms with Crippen LogP contribution < -0.4 is 11.3 Å². The van der Waals surface area contributed by atoms with Crippen molar-refractivity contribution >= 4 is 5.91 Å². The van der Waals surface area contributed by atoms with E-state index in [9.17, 15) is 14.0 Å². The fraction of sp³-hybridized carbons (Fsp3) is 0. The Kier molecular flexibility index (Phi) is 1.67. The number of amides is 1. The van der Waals surface area contributed by atoms with Crippen LogP contribution in [0.25, 0.3) is 0 Å². The molecule has 0 aliphatic carbocycles. The van der Waals surface area contributed by atoms with Crippen molar-refractivity contribution in [2.24, 2.45) is 5.73 Å². The molecule has 0 atom stereocenters. The summed E-state index contributed by atoms with van der Waals surface area (Å²) in [5, 5.41) is 0. The number of halogens is 1. The van der Waals surface area contributed by atoms with E-state index in [0.717, 1.165) is 0 Å². The summed E-state index contributed by atoms with van der Waals surface area (Å²) in [6.07, 6.45) is 0.638. The van der Waals surface area contributed by atoms with E-state index in [-0.39, 0.29) is 5.82 Å². The highest BCUT2D eigenvalue weighted by molar-refractivity contribution is 5.88. The molecule has 1 aromatic heterocycles. The van der Waals surface area contributed by atoms with Crippen LogP contribution in [0.5, 0.6) is 0 Å². The maximum Gasteiger partial charge on any atom is 0.287 e. The molecule has 0 fully saturated rings. The Morgan fingerprint density at radius 2 is 2.36 bits per heavy atom. The Morgan fingerprint density at radius 1 is 1.73 bits per heavy atom. The Hall–Kier alpha value is -1.72. The van der Waals surface area contributed by atoms with Crippen molar-refractivity contribution in [1.29, 1.82) is 0 Å². The molecular formula is C5H4FN3O2. The van der Waals surface area contributed by atoms with Gasteiger partial charge in [-0.3, -0.25) is 14.6 Å². The van der Waals surface area contributed by atoms with Gasteiger partial charge >= 0.3 is 0 Å². The maximum atomic E-state index is 12.2. The number of aromatic nitrogens is 2. The molecule has 0 saturated carbocycles. The summed E-state index contributed by atoms with van der Waals surface area (Å²) in [6.45, 7) is 0. The van der Waals surface area contributed by atoms with Crippen LogP contribution in [-0.4, -0.2) is 15.9 Å². The number of hydrogen-bond donors (Lipinski definition) is 2. The Bertz CT molecular complexity index is 346. The van der Waals surface area contributed by atoms with E-state index in [4.69, 9.17) is 5.73 Å². The molecule has 0 radical (unpaired) electrons. The summed E-state index contributed by atoms with van der Waals surface area (Å²) < 4.78 is 12.2. The number of aromatic amines is 1. The molecule has 5 nitrogen and oxygen atoms in total. The second-order valence-electron chi connectivity index (χ2n) is 1.77. The normalized spacial score (nSPS) is 9.55. The summed E-state index contributed by atoms with van der Waals surface area (Å²) in [6, 6.07) is 0. The third kappa shape index (κ3) is 1.40. The molecule has 0 aliphatic rings. The topological polar surface area (TPSA) is 88.8 Å². The molecule has 0 bridgehead atoms. The second kappa shape index (κ2) is 2.49. The van der Waals surface area contributed by atoms with Gasteiger partial charge in [0.15, 0.2) is 5.82 Å². The lowest BCUT2D eigenvalue weighted by molar-refractivity contribution is 0.0990. The SMILES string of the molecule is NC(=O)c1ncc(F)c(=O)[nH]1. The number of nitrogens with one attached hydrogen (secondary N) is 1. The van der Waals surface area contributed by atoms with Crippen molar-refractivity contribution in [3.05, 3.63) is 28.2 Å². The third-order valence-corrected chi connectivity index (χ3v) is 0.989. The zero-order valence-electron chi connectivity index (χ0n) is 5.30. The second-order valence-corrected chi connectivity index (χ2v) is 1.77. The number of hydrogen-bond acceptors (Lipinski definition) is 3. The highest BCUT2D eigenvalue weighted by Gasteiger charge is 2.04. The molecule has 6 heteroatoms. The fourth-order valence-corrected chi connectivity index (χ4v) is 0.505. The smallest absolute Gasteiger partial charge is 0.287 e. The van der Waals surface area contributed by atoms with Gasteiger partial charge in [-0.1, -0.05) is 0 Å². The zero-order valence-corrected chi connectivity index (χ0v) is 5.30. The van der Waals surface area contributed by atoms with E-state index < -0.39 is 17.3 Å². The quantitative estimate of drug-likeness (QED) is 0.548. The van der Waals surface area contributed by atoms with E-state index in [1.54, 1.807) is 0 Å². The molecule has 0 spiro atoms. The van der Waals surface area contributed by atoms with Gasteiger partial charge in [-0.2, -0.15) is 4.39 Å². The van der Waals surface area contributed by atoms with Gasteiger partial charge in [0.25, 0.3) is 11.5 Å². The fourth-order valence-electron chi connectivity index (χ4n) is 0.505. The van der Waals surface area contributed by atoms with Gasteiger partial charge in [-0.15, -0.1) is 0 Å². The lowest BCUT2D eigenvalue weighted by Gasteiger charge is -1.91. The van der Waals surface area contributed by atoms with Gasteiger partial charge in [-0.25, -0.2) is 4.98 Å². The third-order valence-electron chi connectivity index (χ3n) is 0.989. The van der Waals surface area contributed by atoms with Gasteiger partial charge < -0.3 is 5.73 Å². The number of carbonyl (C=O) groups excluding carboxylic acids is 1. The van der Waals surface area contributed by atoms with E-state index in [0.29, 0.717) is 6.20 Å². The largest absolute Gasteiger partial charge is 0.363 e. The molecule has 1 aromatic rings. The highest BCUT2D eigenvalue weighted by atomic mass is 19.1. The van der Waals surface area contributed by atoms with Crippen LogP contribution in [0.1, 0.15) is 10.6 Å². The van der Waals surface area contributed by atoms with Crippen LogP contribution in [0.4, 0.5) is 4.39 Å². The lowest BCUT2D eigenvalue weighted by Crippen LogP contribution is -2.22. The predicted molar refractivity (Wildman–Crippen MR) is 33.3 cm³/mol. The number of carbonyl (C=O) groups is 1.